The van der Waals surface area contributed by atoms with E-state index in [1.54, 1.807) is 6.92 Å². The van der Waals surface area contributed by atoms with E-state index in [2.05, 4.69) is 26.1 Å². The molecule has 1 N–H and O–H groups in total. The maximum absolute atomic E-state index is 13.6. The largest absolute Gasteiger partial charge is 0.373 e. The molecule has 2 aliphatic heterocycles. The van der Waals surface area contributed by atoms with Crippen LogP contribution in [0.1, 0.15) is 97.5 Å². The zero-order chi connectivity index (χ0) is 32.1. The summed E-state index contributed by atoms with van der Waals surface area (Å²) in [4.78, 5) is 13.9. The molecule has 7 aliphatic rings. The molecule has 5 aliphatic carbocycles. The van der Waals surface area contributed by atoms with Crippen molar-refractivity contribution in [1.82, 2.24) is 10.2 Å². The molecule has 6 nitrogen and oxygen atoms in total. The molecule has 1 aromatic rings. The van der Waals surface area contributed by atoms with E-state index in [0.29, 0.717) is 66.0 Å². The van der Waals surface area contributed by atoms with Crippen molar-refractivity contribution in [2.24, 2.45) is 45.3 Å². The highest BCUT2D eigenvalue weighted by molar-refractivity contribution is 5.73. The van der Waals surface area contributed by atoms with Crippen LogP contribution in [0, 0.1) is 57.0 Å². The van der Waals surface area contributed by atoms with Crippen LogP contribution in [0.4, 0.5) is 8.78 Å². The van der Waals surface area contributed by atoms with Crippen molar-refractivity contribution < 1.29 is 27.8 Å². The van der Waals surface area contributed by atoms with Gasteiger partial charge in [-0.2, -0.15) is 0 Å². The number of nitrogens with zero attached hydrogens (tertiary/aromatic N) is 1. The molecule has 0 bridgehead atoms. The van der Waals surface area contributed by atoms with E-state index in [-0.39, 0.29) is 29.8 Å². The summed E-state index contributed by atoms with van der Waals surface area (Å²) < 4.78 is 46.9. The number of carbonyl (C=O) groups is 1. The first-order valence-corrected chi connectivity index (χ1v) is 18.3. The quantitative estimate of drug-likeness (QED) is 0.369. The van der Waals surface area contributed by atoms with Crippen LogP contribution in [0.25, 0.3) is 0 Å². The van der Waals surface area contributed by atoms with Gasteiger partial charge in [0.05, 0.1) is 31.5 Å². The van der Waals surface area contributed by atoms with E-state index in [1.165, 1.54) is 63.5 Å². The number of fused-ring (bicyclic) bond motifs is 4. The van der Waals surface area contributed by atoms with E-state index in [4.69, 9.17) is 14.2 Å². The summed E-state index contributed by atoms with van der Waals surface area (Å²) in [6, 6.07) is 3.73. The SMILES string of the molecule is CC(=O)N1CCOC(O[C@H]2CC[C@]34C[C@]35CCC3(C)C6CCC(CNCc7cc(F)cc(F)c7)OC6CC3C5CCC4C2(C)C)C1. The number of hydrogen-bond donors (Lipinski definition) is 1. The summed E-state index contributed by atoms with van der Waals surface area (Å²) in [7, 11) is 0. The molecule has 0 radical (unpaired) electrons. The third-order valence-corrected chi connectivity index (χ3v) is 15.0. The van der Waals surface area contributed by atoms with Crippen molar-refractivity contribution in [3.8, 4) is 0 Å². The van der Waals surface area contributed by atoms with E-state index in [1.807, 2.05) is 4.90 Å². The Kier molecular flexibility index (Phi) is 7.71. The molecule has 2 heterocycles. The van der Waals surface area contributed by atoms with E-state index in [0.717, 1.165) is 37.3 Å². The van der Waals surface area contributed by atoms with Gasteiger partial charge in [0.2, 0.25) is 5.91 Å². The minimum atomic E-state index is -0.527. The van der Waals surface area contributed by atoms with Crippen molar-refractivity contribution in [3.05, 3.63) is 35.4 Å². The van der Waals surface area contributed by atoms with Crippen LogP contribution >= 0.6 is 0 Å². The van der Waals surface area contributed by atoms with Gasteiger partial charge in [-0.25, -0.2) is 8.78 Å². The first-order chi connectivity index (χ1) is 21.9. The molecular weight excluding hydrogens is 586 g/mol. The van der Waals surface area contributed by atoms with Crippen molar-refractivity contribution in [2.75, 3.05) is 26.2 Å². The number of nitrogens with one attached hydrogen (secondary N) is 1. The predicted molar refractivity (Wildman–Crippen MR) is 170 cm³/mol. The molecule has 2 saturated heterocycles. The Balaban J connectivity index is 0.918. The first-order valence-electron chi connectivity index (χ1n) is 18.3. The smallest absolute Gasteiger partial charge is 0.219 e. The van der Waals surface area contributed by atoms with Crippen molar-refractivity contribution >= 4 is 5.91 Å². The Morgan fingerprint density at radius 1 is 0.978 bits per heavy atom. The van der Waals surface area contributed by atoms with Crippen molar-refractivity contribution in [3.63, 3.8) is 0 Å². The van der Waals surface area contributed by atoms with Gasteiger partial charge in [0, 0.05) is 32.6 Å². The van der Waals surface area contributed by atoms with Crippen LogP contribution in [0.5, 0.6) is 0 Å². The number of hydrogen-bond acceptors (Lipinski definition) is 5. The van der Waals surface area contributed by atoms with Gasteiger partial charge in [0.25, 0.3) is 0 Å². The molecule has 2 spiro atoms. The van der Waals surface area contributed by atoms with E-state index in [9.17, 15) is 13.6 Å². The van der Waals surface area contributed by atoms with Gasteiger partial charge in [-0.3, -0.25) is 4.79 Å². The van der Waals surface area contributed by atoms with Crippen LogP contribution in [0.15, 0.2) is 18.2 Å². The maximum atomic E-state index is 13.6. The highest BCUT2D eigenvalue weighted by Gasteiger charge is 2.80. The molecule has 1 aromatic carbocycles. The second-order valence-corrected chi connectivity index (χ2v) is 17.2. The van der Waals surface area contributed by atoms with Gasteiger partial charge in [-0.05, 0) is 127 Å². The summed E-state index contributed by atoms with van der Waals surface area (Å²) in [5.41, 5.74) is 2.03. The zero-order valence-electron chi connectivity index (χ0n) is 28.3. The number of amides is 1. The normalized spacial score (nSPS) is 45.6. The number of benzene rings is 1. The fraction of sp³-hybridized carbons (Fsp3) is 0.816. The van der Waals surface area contributed by atoms with E-state index >= 15 is 0 Å². The maximum Gasteiger partial charge on any atom is 0.219 e. The van der Waals surface area contributed by atoms with Gasteiger partial charge < -0.3 is 24.4 Å². The van der Waals surface area contributed by atoms with Gasteiger partial charge >= 0.3 is 0 Å². The topological polar surface area (TPSA) is 60.0 Å². The third-order valence-electron chi connectivity index (χ3n) is 15.0. The molecule has 8 rings (SSSR count). The lowest BCUT2D eigenvalue weighted by Gasteiger charge is -2.60. The van der Waals surface area contributed by atoms with Crippen LogP contribution in [0.3, 0.4) is 0 Å². The molecule has 8 heteroatoms. The second-order valence-electron chi connectivity index (χ2n) is 17.2. The summed E-state index contributed by atoms with van der Waals surface area (Å²) in [5.74, 6) is 1.90. The number of morpholine rings is 1. The molecule has 5 saturated carbocycles. The number of ether oxygens (including phenoxy) is 3. The lowest BCUT2D eigenvalue weighted by molar-refractivity contribution is -0.244. The van der Waals surface area contributed by atoms with Crippen LogP contribution in [-0.4, -0.2) is 61.7 Å². The van der Waals surface area contributed by atoms with Crippen LogP contribution in [-0.2, 0) is 25.5 Å². The lowest BCUT2D eigenvalue weighted by Crippen LogP contribution is -2.56. The molecule has 11 atom stereocenters. The Bertz CT molecular complexity index is 1340. The van der Waals surface area contributed by atoms with Gasteiger partial charge in [-0.15, -0.1) is 0 Å². The van der Waals surface area contributed by atoms with Crippen LogP contribution in [0.2, 0.25) is 0 Å². The Morgan fingerprint density at radius 2 is 1.76 bits per heavy atom. The fourth-order valence-electron chi connectivity index (χ4n) is 12.9. The lowest BCUT2D eigenvalue weighted by atomic mass is 9.46. The molecular formula is C38H54F2N2O4. The van der Waals surface area contributed by atoms with Crippen molar-refractivity contribution in [2.45, 2.75) is 123 Å². The van der Waals surface area contributed by atoms with Crippen molar-refractivity contribution in [1.29, 1.82) is 0 Å². The Hall–Kier alpha value is -1.61. The minimum absolute atomic E-state index is 0.0830. The predicted octanol–water partition coefficient (Wildman–Crippen LogP) is 6.85. The van der Waals surface area contributed by atoms with E-state index < -0.39 is 11.6 Å². The number of halogens is 2. The average Bonchev–Trinajstić information content (AvgIpc) is 3.58. The third kappa shape index (κ3) is 4.85. The highest BCUT2D eigenvalue weighted by atomic mass is 19.1. The summed E-state index contributed by atoms with van der Waals surface area (Å²) in [6.45, 7) is 12.1. The summed E-state index contributed by atoms with van der Waals surface area (Å²) in [6.07, 6.45) is 12.9. The highest BCUT2D eigenvalue weighted by Crippen LogP contribution is 2.87. The summed E-state index contributed by atoms with van der Waals surface area (Å²) >= 11 is 0. The van der Waals surface area contributed by atoms with Gasteiger partial charge in [0.1, 0.15) is 11.6 Å². The molecule has 46 heavy (non-hydrogen) atoms. The fourth-order valence-corrected chi connectivity index (χ4v) is 12.9. The summed E-state index contributed by atoms with van der Waals surface area (Å²) in [5, 5.41) is 3.42. The second kappa shape index (κ2) is 11.2. The number of carbonyl (C=O) groups excluding carboxylic acids is 1. The molecule has 1 amide bonds. The molecule has 8 unspecified atom stereocenters. The first kappa shape index (κ1) is 31.6. The van der Waals surface area contributed by atoms with Gasteiger partial charge in [0.15, 0.2) is 6.29 Å². The molecule has 0 aromatic heterocycles. The molecule has 254 valence electrons. The van der Waals surface area contributed by atoms with Gasteiger partial charge in [-0.1, -0.05) is 20.8 Å². The molecule has 7 fully saturated rings. The Labute approximate surface area is 273 Å². The standard InChI is InChI=1S/C38H54F2N2O4/c1-23(43)42-13-14-44-34(21-42)46-33-9-10-38-22-37(38)12-11-36(4)29-6-5-27(20-41-19-24-15-25(39)17-26(40)16-24)45-31(29)18-30(36)28(37)7-8-32(38)35(33,2)3/h15-17,27-34,41H,5-14,18-22H2,1-4H3/t27?,28?,29?,30?,31?,32?,33-,34?,36?,37-,38+/m0/s1. The average molecular weight is 641 g/mol. The monoisotopic (exact) mass is 640 g/mol. The Morgan fingerprint density at radius 3 is 2.54 bits per heavy atom. The van der Waals surface area contributed by atoms with Crippen LogP contribution < -0.4 is 5.32 Å². The number of rotatable bonds is 6. The zero-order valence-corrected chi connectivity index (χ0v) is 28.3. The minimum Gasteiger partial charge on any atom is -0.373 e.